The van der Waals surface area contributed by atoms with Crippen LogP contribution in [0.3, 0.4) is 0 Å². The summed E-state index contributed by atoms with van der Waals surface area (Å²) < 4.78 is 0. The van der Waals surface area contributed by atoms with Gasteiger partial charge in [-0.25, -0.2) is 4.98 Å². The second-order valence-electron chi connectivity index (χ2n) is 6.73. The molecule has 148 valence electrons. The number of hydrogen-bond acceptors (Lipinski definition) is 6. The molecule has 0 unspecified atom stereocenters. The Labute approximate surface area is 171 Å². The van der Waals surface area contributed by atoms with Crippen LogP contribution in [0.1, 0.15) is 31.9 Å². The Morgan fingerprint density at radius 1 is 0.929 bits per heavy atom. The fourth-order valence-electron chi connectivity index (χ4n) is 2.92. The Hall–Kier alpha value is -2.60. The van der Waals surface area contributed by atoms with E-state index < -0.39 is 0 Å². The number of pyridine rings is 1. The van der Waals surface area contributed by atoms with E-state index in [1.54, 1.807) is 6.20 Å². The monoisotopic (exact) mass is 398 g/mol. The van der Waals surface area contributed by atoms with Gasteiger partial charge < -0.3 is 16.0 Å². The highest BCUT2D eigenvalue weighted by molar-refractivity contribution is 6.31. The van der Waals surface area contributed by atoms with Crippen LogP contribution in [-0.2, 0) is 0 Å². The third kappa shape index (κ3) is 5.70. The molecule has 0 bridgehead atoms. The fourth-order valence-corrected chi connectivity index (χ4v) is 3.08. The highest BCUT2D eigenvalue weighted by atomic mass is 35.5. The smallest absolute Gasteiger partial charge is 0.224 e. The molecular formula is C21H27ClN6. The fraction of sp³-hybridized carbons (Fsp3) is 0.381. The summed E-state index contributed by atoms with van der Waals surface area (Å²) in [7, 11) is 0. The number of benzene rings is 1. The van der Waals surface area contributed by atoms with E-state index in [9.17, 15) is 0 Å². The van der Waals surface area contributed by atoms with Gasteiger partial charge in [-0.15, -0.1) is 0 Å². The number of aromatic nitrogens is 3. The number of unbranched alkanes of at least 4 members (excludes halogenated alkanes) is 1. The van der Waals surface area contributed by atoms with E-state index in [1.165, 1.54) is 0 Å². The number of rotatable bonds is 10. The van der Waals surface area contributed by atoms with Crippen molar-refractivity contribution < 1.29 is 0 Å². The SMILES string of the molecule is CCCCNc1nc(C)cc(NCCCNc2ccnc3cc(Cl)ccc23)n1. The molecular weight excluding hydrogens is 372 g/mol. The number of nitrogens with one attached hydrogen (secondary N) is 3. The lowest BCUT2D eigenvalue weighted by Crippen LogP contribution is -2.12. The minimum atomic E-state index is 0.691. The van der Waals surface area contributed by atoms with Gasteiger partial charge in [-0.1, -0.05) is 24.9 Å². The zero-order chi connectivity index (χ0) is 19.8. The molecule has 0 aliphatic rings. The summed E-state index contributed by atoms with van der Waals surface area (Å²) in [5.41, 5.74) is 2.92. The molecule has 0 amide bonds. The van der Waals surface area contributed by atoms with Crippen molar-refractivity contribution in [3.63, 3.8) is 0 Å². The summed E-state index contributed by atoms with van der Waals surface area (Å²) in [6.45, 7) is 6.73. The van der Waals surface area contributed by atoms with Crippen LogP contribution in [0.25, 0.3) is 10.9 Å². The Bertz CT molecular complexity index is 915. The van der Waals surface area contributed by atoms with Gasteiger partial charge in [-0.3, -0.25) is 4.98 Å². The maximum Gasteiger partial charge on any atom is 0.224 e. The molecule has 0 radical (unpaired) electrons. The first kappa shape index (κ1) is 20.1. The Morgan fingerprint density at radius 2 is 1.75 bits per heavy atom. The van der Waals surface area contributed by atoms with Crippen LogP contribution < -0.4 is 16.0 Å². The number of nitrogens with zero attached hydrogens (tertiary/aromatic N) is 3. The predicted octanol–water partition coefficient (Wildman–Crippen LogP) is 5.11. The molecule has 2 heterocycles. The molecule has 0 atom stereocenters. The lowest BCUT2D eigenvalue weighted by Gasteiger charge is -2.11. The van der Waals surface area contributed by atoms with E-state index >= 15 is 0 Å². The quantitative estimate of drug-likeness (QED) is 0.412. The summed E-state index contributed by atoms with van der Waals surface area (Å²) in [6, 6.07) is 9.74. The Balaban J connectivity index is 1.49. The zero-order valence-electron chi connectivity index (χ0n) is 16.4. The molecule has 3 aromatic rings. The summed E-state index contributed by atoms with van der Waals surface area (Å²) in [4.78, 5) is 13.3. The summed E-state index contributed by atoms with van der Waals surface area (Å²) in [5, 5.41) is 11.9. The van der Waals surface area contributed by atoms with E-state index in [0.29, 0.717) is 11.0 Å². The van der Waals surface area contributed by atoms with Gasteiger partial charge >= 0.3 is 0 Å². The van der Waals surface area contributed by atoms with E-state index in [1.807, 2.05) is 37.3 Å². The van der Waals surface area contributed by atoms with Crippen LogP contribution in [-0.4, -0.2) is 34.6 Å². The molecule has 0 saturated heterocycles. The molecule has 3 N–H and O–H groups in total. The zero-order valence-corrected chi connectivity index (χ0v) is 17.2. The highest BCUT2D eigenvalue weighted by Gasteiger charge is 2.03. The summed E-state index contributed by atoms with van der Waals surface area (Å²) in [6.07, 6.45) is 5.02. The second-order valence-corrected chi connectivity index (χ2v) is 7.16. The lowest BCUT2D eigenvalue weighted by atomic mass is 10.2. The molecule has 0 spiro atoms. The normalized spacial score (nSPS) is 10.8. The molecule has 0 saturated carbocycles. The number of anilines is 3. The van der Waals surface area contributed by atoms with Gasteiger partial charge in [0.15, 0.2) is 0 Å². The van der Waals surface area contributed by atoms with Gasteiger partial charge in [-0.05, 0) is 44.0 Å². The van der Waals surface area contributed by atoms with Crippen LogP contribution in [0.4, 0.5) is 17.5 Å². The van der Waals surface area contributed by atoms with Gasteiger partial charge in [-0.2, -0.15) is 4.98 Å². The van der Waals surface area contributed by atoms with Crippen molar-refractivity contribution in [2.75, 3.05) is 35.6 Å². The minimum Gasteiger partial charge on any atom is -0.384 e. The van der Waals surface area contributed by atoms with Crippen molar-refractivity contribution in [3.8, 4) is 0 Å². The molecule has 3 rings (SSSR count). The first-order valence-electron chi connectivity index (χ1n) is 9.77. The third-order valence-corrected chi connectivity index (χ3v) is 4.58. The van der Waals surface area contributed by atoms with Gasteiger partial charge in [0.25, 0.3) is 0 Å². The average molecular weight is 399 g/mol. The third-order valence-electron chi connectivity index (χ3n) is 4.35. The molecule has 7 heteroatoms. The average Bonchev–Trinajstić information content (AvgIpc) is 2.67. The van der Waals surface area contributed by atoms with Gasteiger partial charge in [0.05, 0.1) is 5.52 Å². The minimum absolute atomic E-state index is 0.691. The van der Waals surface area contributed by atoms with Crippen LogP contribution in [0.2, 0.25) is 5.02 Å². The molecule has 28 heavy (non-hydrogen) atoms. The van der Waals surface area contributed by atoms with Crippen molar-refractivity contribution in [2.45, 2.75) is 33.1 Å². The van der Waals surface area contributed by atoms with E-state index in [-0.39, 0.29) is 0 Å². The number of fused-ring (bicyclic) bond motifs is 1. The molecule has 2 aromatic heterocycles. The Kier molecular flexibility index (Phi) is 7.25. The number of halogens is 1. The van der Waals surface area contributed by atoms with E-state index in [4.69, 9.17) is 11.6 Å². The largest absolute Gasteiger partial charge is 0.384 e. The molecule has 6 nitrogen and oxygen atoms in total. The molecule has 1 aromatic carbocycles. The summed E-state index contributed by atoms with van der Waals surface area (Å²) in [5.74, 6) is 1.55. The Morgan fingerprint density at radius 3 is 2.61 bits per heavy atom. The maximum atomic E-state index is 6.05. The van der Waals surface area contributed by atoms with Crippen molar-refractivity contribution in [1.82, 2.24) is 15.0 Å². The van der Waals surface area contributed by atoms with E-state index in [0.717, 1.165) is 67.0 Å². The standard InChI is InChI=1S/C21H27ClN6/c1-3-4-9-26-21-27-15(2)13-20(28-21)25-11-5-10-23-18-8-12-24-19-14-16(22)6-7-17(18)19/h6-8,12-14H,3-5,9-11H2,1-2H3,(H,23,24)(H2,25,26,27,28). The van der Waals surface area contributed by atoms with Crippen LogP contribution in [0.15, 0.2) is 36.5 Å². The van der Waals surface area contributed by atoms with Crippen molar-refractivity contribution in [1.29, 1.82) is 0 Å². The topological polar surface area (TPSA) is 74.8 Å². The molecule has 0 fully saturated rings. The van der Waals surface area contributed by atoms with E-state index in [2.05, 4.69) is 37.8 Å². The first-order valence-corrected chi connectivity index (χ1v) is 10.1. The van der Waals surface area contributed by atoms with Gasteiger partial charge in [0.1, 0.15) is 5.82 Å². The highest BCUT2D eigenvalue weighted by Crippen LogP contribution is 2.24. The molecule has 0 aliphatic carbocycles. The predicted molar refractivity (Wildman–Crippen MR) is 119 cm³/mol. The van der Waals surface area contributed by atoms with Gasteiger partial charge in [0.2, 0.25) is 5.95 Å². The van der Waals surface area contributed by atoms with Gasteiger partial charge in [0, 0.05) is 53.7 Å². The second kappa shape index (κ2) is 10.1. The van der Waals surface area contributed by atoms with Crippen molar-refractivity contribution >= 4 is 40.0 Å². The van der Waals surface area contributed by atoms with Crippen LogP contribution in [0, 0.1) is 6.92 Å². The first-order chi connectivity index (χ1) is 13.7. The van der Waals surface area contributed by atoms with Crippen molar-refractivity contribution in [3.05, 3.63) is 47.2 Å². The molecule has 0 aliphatic heterocycles. The van der Waals surface area contributed by atoms with Crippen LogP contribution >= 0.6 is 11.6 Å². The maximum absolute atomic E-state index is 6.05. The van der Waals surface area contributed by atoms with Crippen LogP contribution in [0.5, 0.6) is 0 Å². The summed E-state index contributed by atoms with van der Waals surface area (Å²) >= 11 is 6.05. The lowest BCUT2D eigenvalue weighted by molar-refractivity contribution is 0.824. The van der Waals surface area contributed by atoms with Crippen molar-refractivity contribution in [2.24, 2.45) is 0 Å². The number of aryl methyl sites for hydroxylation is 1. The number of hydrogen-bond donors (Lipinski definition) is 3.